The quantitative estimate of drug-likeness (QED) is 0.841. The van der Waals surface area contributed by atoms with E-state index in [1.807, 2.05) is 0 Å². The molecule has 0 radical (unpaired) electrons. The molecule has 2 amide bonds. The van der Waals surface area contributed by atoms with Gasteiger partial charge in [0, 0.05) is 12.6 Å². The van der Waals surface area contributed by atoms with Crippen LogP contribution < -0.4 is 4.90 Å². The molecule has 122 valence electrons. The third-order valence-corrected chi connectivity index (χ3v) is 4.98. The van der Waals surface area contributed by atoms with Gasteiger partial charge in [-0.3, -0.25) is 9.59 Å². The zero-order chi connectivity index (χ0) is 17.3. The number of anilines is 1. The molecule has 1 aliphatic heterocycles. The molecule has 24 heavy (non-hydrogen) atoms. The van der Waals surface area contributed by atoms with Gasteiger partial charge in [0.05, 0.1) is 21.5 Å². The minimum atomic E-state index is -1.13. The summed E-state index contributed by atoms with van der Waals surface area (Å²) in [5.41, 5.74) is 0.329. The fraction of sp³-hybridized carbons (Fsp3) is 0.125. The lowest BCUT2D eigenvalue weighted by Crippen LogP contribution is -2.31. The van der Waals surface area contributed by atoms with Crippen LogP contribution in [0.1, 0.15) is 16.8 Å². The predicted molar refractivity (Wildman–Crippen MR) is 89.4 cm³/mol. The van der Waals surface area contributed by atoms with Crippen molar-refractivity contribution in [3.05, 3.63) is 53.2 Å². The molecule has 2 aromatic rings. The third kappa shape index (κ3) is 3.00. The molecule has 2 heterocycles. The molecule has 1 fully saturated rings. The number of carboxylic acids is 1. The molecule has 0 unspecified atom stereocenters. The molecular formula is C16H11ClN2O4S. The van der Waals surface area contributed by atoms with Gasteiger partial charge in [-0.05, 0) is 24.3 Å². The predicted octanol–water partition coefficient (Wildman–Crippen LogP) is 2.86. The number of benzene rings is 1. The summed E-state index contributed by atoms with van der Waals surface area (Å²) >= 11 is 7.04. The van der Waals surface area contributed by atoms with Crippen molar-refractivity contribution in [2.45, 2.75) is 16.7 Å². The first-order chi connectivity index (χ1) is 11.5. The average molecular weight is 363 g/mol. The van der Waals surface area contributed by atoms with Gasteiger partial charge in [-0.2, -0.15) is 0 Å². The summed E-state index contributed by atoms with van der Waals surface area (Å²) in [6.45, 7) is 0. The minimum absolute atomic E-state index is 0.000979. The maximum atomic E-state index is 12.6. The van der Waals surface area contributed by atoms with Crippen molar-refractivity contribution in [3.63, 3.8) is 0 Å². The number of carboxylic acid groups (broad SMARTS) is 1. The van der Waals surface area contributed by atoms with E-state index in [-0.39, 0.29) is 22.9 Å². The second-order valence-electron chi connectivity index (χ2n) is 4.99. The molecule has 1 aromatic carbocycles. The fourth-order valence-electron chi connectivity index (χ4n) is 2.36. The van der Waals surface area contributed by atoms with Crippen molar-refractivity contribution in [2.75, 3.05) is 4.90 Å². The number of aromatic carboxylic acids is 1. The first kappa shape index (κ1) is 16.5. The van der Waals surface area contributed by atoms with Crippen LogP contribution in [-0.2, 0) is 9.59 Å². The highest BCUT2D eigenvalue weighted by atomic mass is 35.5. The van der Waals surface area contributed by atoms with Gasteiger partial charge in [0.15, 0.2) is 0 Å². The number of para-hydroxylation sites is 1. The van der Waals surface area contributed by atoms with Crippen LogP contribution in [0.25, 0.3) is 0 Å². The van der Waals surface area contributed by atoms with Gasteiger partial charge >= 0.3 is 5.97 Å². The van der Waals surface area contributed by atoms with E-state index in [1.165, 1.54) is 18.3 Å². The van der Waals surface area contributed by atoms with Crippen molar-refractivity contribution >= 4 is 46.8 Å². The number of nitrogens with zero attached hydrogens (tertiary/aromatic N) is 2. The number of hydrogen-bond acceptors (Lipinski definition) is 5. The molecule has 1 aromatic heterocycles. The Balaban J connectivity index is 1.88. The Kier molecular flexibility index (Phi) is 4.55. The van der Waals surface area contributed by atoms with E-state index < -0.39 is 17.1 Å². The van der Waals surface area contributed by atoms with Gasteiger partial charge in [0.2, 0.25) is 11.8 Å². The third-order valence-electron chi connectivity index (χ3n) is 3.45. The topological polar surface area (TPSA) is 87.6 Å². The van der Waals surface area contributed by atoms with E-state index in [0.29, 0.717) is 10.7 Å². The van der Waals surface area contributed by atoms with Crippen molar-refractivity contribution < 1.29 is 19.5 Å². The second-order valence-corrected chi connectivity index (χ2v) is 6.59. The zero-order valence-electron chi connectivity index (χ0n) is 12.2. The Morgan fingerprint density at radius 2 is 2.00 bits per heavy atom. The molecule has 1 aliphatic rings. The molecule has 0 saturated carbocycles. The molecule has 6 nitrogen and oxygen atoms in total. The Hall–Kier alpha value is -2.38. The average Bonchev–Trinajstić information content (AvgIpc) is 2.82. The zero-order valence-corrected chi connectivity index (χ0v) is 13.8. The van der Waals surface area contributed by atoms with Crippen molar-refractivity contribution in [1.29, 1.82) is 0 Å². The molecule has 0 aliphatic carbocycles. The molecule has 3 rings (SSSR count). The fourth-order valence-corrected chi connectivity index (χ4v) is 3.69. The lowest BCUT2D eigenvalue weighted by Gasteiger charge is -2.16. The maximum Gasteiger partial charge on any atom is 0.338 e. The highest BCUT2D eigenvalue weighted by Crippen LogP contribution is 2.36. The molecule has 1 atom stereocenters. The standard InChI is InChI=1S/C16H11ClN2O4S/c17-10-5-1-2-6-11(10)19-13(20)8-12(15(19)21)24-14-9(16(22)23)4-3-7-18-14/h1-7,12H,8H2,(H,22,23)/t12-/m1/s1. The van der Waals surface area contributed by atoms with Gasteiger partial charge < -0.3 is 5.11 Å². The maximum absolute atomic E-state index is 12.6. The minimum Gasteiger partial charge on any atom is -0.478 e. The number of thioether (sulfide) groups is 1. The van der Waals surface area contributed by atoms with Gasteiger partial charge in [-0.25, -0.2) is 14.7 Å². The summed E-state index contributed by atoms with van der Waals surface area (Å²) in [4.78, 5) is 41.2. The number of hydrogen-bond donors (Lipinski definition) is 1. The van der Waals surface area contributed by atoms with E-state index >= 15 is 0 Å². The van der Waals surface area contributed by atoms with Crippen LogP contribution in [0.15, 0.2) is 47.6 Å². The highest BCUT2D eigenvalue weighted by molar-refractivity contribution is 8.00. The van der Waals surface area contributed by atoms with Gasteiger partial charge in [-0.1, -0.05) is 35.5 Å². The monoisotopic (exact) mass is 362 g/mol. The van der Waals surface area contributed by atoms with Crippen LogP contribution in [0.3, 0.4) is 0 Å². The Morgan fingerprint density at radius 1 is 1.25 bits per heavy atom. The van der Waals surface area contributed by atoms with Crippen LogP contribution in [-0.4, -0.2) is 33.1 Å². The molecule has 0 spiro atoms. The first-order valence-corrected chi connectivity index (χ1v) is 8.21. The largest absolute Gasteiger partial charge is 0.478 e. The van der Waals surface area contributed by atoms with Crippen molar-refractivity contribution in [3.8, 4) is 0 Å². The van der Waals surface area contributed by atoms with Gasteiger partial charge in [0.25, 0.3) is 0 Å². The number of rotatable bonds is 4. The summed E-state index contributed by atoms with van der Waals surface area (Å²) in [6.07, 6.45) is 1.41. The van der Waals surface area contributed by atoms with Gasteiger partial charge in [0.1, 0.15) is 5.03 Å². The SMILES string of the molecule is O=C(O)c1cccnc1S[C@@H]1CC(=O)N(c2ccccc2Cl)C1=O. The lowest BCUT2D eigenvalue weighted by molar-refractivity contribution is -0.121. The number of aromatic nitrogens is 1. The summed E-state index contributed by atoms with van der Waals surface area (Å²) in [5.74, 6) is -1.94. The van der Waals surface area contributed by atoms with Crippen LogP contribution in [0.4, 0.5) is 5.69 Å². The number of pyridine rings is 1. The van der Waals surface area contributed by atoms with Crippen molar-refractivity contribution in [1.82, 2.24) is 4.98 Å². The number of imide groups is 1. The lowest BCUT2D eigenvalue weighted by atomic mass is 10.3. The van der Waals surface area contributed by atoms with E-state index in [0.717, 1.165) is 16.7 Å². The molecule has 1 saturated heterocycles. The van der Waals surface area contributed by atoms with Crippen LogP contribution in [0.5, 0.6) is 0 Å². The highest BCUT2D eigenvalue weighted by Gasteiger charge is 2.41. The van der Waals surface area contributed by atoms with Crippen LogP contribution in [0, 0.1) is 0 Å². The van der Waals surface area contributed by atoms with E-state index in [4.69, 9.17) is 11.6 Å². The Morgan fingerprint density at radius 3 is 2.71 bits per heavy atom. The van der Waals surface area contributed by atoms with Gasteiger partial charge in [-0.15, -0.1) is 0 Å². The Labute approximate surface area is 146 Å². The summed E-state index contributed by atoms with van der Waals surface area (Å²) < 4.78 is 0. The molecule has 1 N–H and O–H groups in total. The smallest absolute Gasteiger partial charge is 0.338 e. The normalized spacial score (nSPS) is 17.4. The number of amides is 2. The Bertz CT molecular complexity index is 842. The molecule has 0 bridgehead atoms. The second kappa shape index (κ2) is 6.62. The van der Waals surface area contributed by atoms with Crippen molar-refractivity contribution in [2.24, 2.45) is 0 Å². The summed E-state index contributed by atoms with van der Waals surface area (Å²) in [6, 6.07) is 9.49. The summed E-state index contributed by atoms with van der Waals surface area (Å²) in [7, 11) is 0. The number of halogens is 1. The molecule has 8 heteroatoms. The van der Waals surface area contributed by atoms with E-state index in [2.05, 4.69) is 4.98 Å². The van der Waals surface area contributed by atoms with E-state index in [1.54, 1.807) is 24.3 Å². The van der Waals surface area contributed by atoms with E-state index in [9.17, 15) is 19.5 Å². The molecular weight excluding hydrogens is 352 g/mol. The number of carbonyl (C=O) groups excluding carboxylic acids is 2. The first-order valence-electron chi connectivity index (χ1n) is 6.95. The number of carbonyl (C=O) groups is 3. The van der Waals surface area contributed by atoms with Crippen LogP contribution >= 0.6 is 23.4 Å². The van der Waals surface area contributed by atoms with Crippen LogP contribution in [0.2, 0.25) is 5.02 Å². The summed E-state index contributed by atoms with van der Waals surface area (Å²) in [5, 5.41) is 8.96.